The van der Waals surface area contributed by atoms with E-state index in [9.17, 15) is 0 Å². The van der Waals surface area contributed by atoms with Crippen molar-refractivity contribution >= 4 is 34.7 Å². The van der Waals surface area contributed by atoms with Crippen LogP contribution < -0.4 is 0 Å². The lowest BCUT2D eigenvalue weighted by molar-refractivity contribution is 1.36. The van der Waals surface area contributed by atoms with Gasteiger partial charge in [-0.15, -0.1) is 24.0 Å². The molecular weight excluding hydrogens is 249 g/mol. The number of hydrogen-bond acceptors (Lipinski definition) is 1. The fourth-order valence-corrected chi connectivity index (χ4v) is 1.03. The zero-order chi connectivity index (χ0) is 6.81. The molecule has 1 aromatic heterocycles. The standard InChI is InChI=1S/C9H7N.HI/c1-2-4-9-7-10-6-5-8(9)3-1;/h1-7H;1H. The first-order valence-electron chi connectivity index (χ1n) is 3.25. The molecule has 1 aromatic carbocycles. The molecule has 56 valence electrons. The van der Waals surface area contributed by atoms with Crippen LogP contribution in [0.15, 0.2) is 42.7 Å². The molecule has 0 aliphatic carbocycles. The van der Waals surface area contributed by atoms with E-state index in [0.717, 1.165) is 0 Å². The van der Waals surface area contributed by atoms with Crippen molar-refractivity contribution in [2.75, 3.05) is 0 Å². The number of pyridine rings is 1. The Morgan fingerprint density at radius 3 is 2.36 bits per heavy atom. The molecule has 2 heteroatoms. The van der Waals surface area contributed by atoms with Crippen LogP contribution >= 0.6 is 24.0 Å². The van der Waals surface area contributed by atoms with Gasteiger partial charge in [0.1, 0.15) is 0 Å². The molecule has 2 aromatic rings. The van der Waals surface area contributed by atoms with Gasteiger partial charge >= 0.3 is 0 Å². The minimum atomic E-state index is 0. The van der Waals surface area contributed by atoms with Crippen molar-refractivity contribution in [2.24, 2.45) is 0 Å². The fourth-order valence-electron chi connectivity index (χ4n) is 1.03. The van der Waals surface area contributed by atoms with E-state index >= 15 is 0 Å². The summed E-state index contributed by atoms with van der Waals surface area (Å²) in [5.41, 5.74) is 0. The van der Waals surface area contributed by atoms with E-state index in [1.165, 1.54) is 10.8 Å². The summed E-state index contributed by atoms with van der Waals surface area (Å²) in [5.74, 6) is 0. The average molecular weight is 257 g/mol. The van der Waals surface area contributed by atoms with Crippen LogP contribution in [0.25, 0.3) is 10.8 Å². The summed E-state index contributed by atoms with van der Waals surface area (Å²) < 4.78 is 0. The minimum Gasteiger partial charge on any atom is -0.264 e. The van der Waals surface area contributed by atoms with E-state index in [1.54, 1.807) is 0 Å². The van der Waals surface area contributed by atoms with Gasteiger partial charge < -0.3 is 0 Å². The summed E-state index contributed by atoms with van der Waals surface area (Å²) in [6.45, 7) is 0. The molecule has 0 bridgehead atoms. The van der Waals surface area contributed by atoms with Gasteiger partial charge in [-0.1, -0.05) is 24.3 Å². The Labute approximate surface area is 82.5 Å². The smallest absolute Gasteiger partial charge is 0.0346 e. The largest absolute Gasteiger partial charge is 0.264 e. The summed E-state index contributed by atoms with van der Waals surface area (Å²) in [5, 5.41) is 2.45. The molecule has 0 saturated carbocycles. The Balaban J connectivity index is 0.000000605. The van der Waals surface area contributed by atoms with Crippen molar-refractivity contribution in [1.82, 2.24) is 4.98 Å². The Bertz CT molecular complexity index is 281. The van der Waals surface area contributed by atoms with Crippen LogP contribution in [0, 0.1) is 0 Å². The molecule has 0 spiro atoms. The summed E-state index contributed by atoms with van der Waals surface area (Å²) in [6.07, 6.45) is 3.68. The topological polar surface area (TPSA) is 12.9 Å². The Hall–Kier alpha value is -0.640. The van der Waals surface area contributed by atoms with Crippen molar-refractivity contribution in [3.05, 3.63) is 42.7 Å². The minimum absolute atomic E-state index is 0. The average Bonchev–Trinajstić information content (AvgIpc) is 2.05. The molecular formula is C9H8IN. The van der Waals surface area contributed by atoms with Gasteiger partial charge in [0, 0.05) is 12.4 Å². The van der Waals surface area contributed by atoms with Crippen molar-refractivity contribution in [3.8, 4) is 0 Å². The van der Waals surface area contributed by atoms with Crippen LogP contribution in [0.2, 0.25) is 0 Å². The van der Waals surface area contributed by atoms with Crippen LogP contribution in [0.3, 0.4) is 0 Å². The summed E-state index contributed by atoms with van der Waals surface area (Å²) in [7, 11) is 0. The molecule has 1 heterocycles. The van der Waals surface area contributed by atoms with Gasteiger partial charge in [0.2, 0.25) is 0 Å². The third kappa shape index (κ3) is 1.68. The predicted octanol–water partition coefficient (Wildman–Crippen LogP) is 2.85. The van der Waals surface area contributed by atoms with Crippen molar-refractivity contribution in [1.29, 1.82) is 0 Å². The van der Waals surface area contributed by atoms with E-state index in [2.05, 4.69) is 17.1 Å². The molecule has 0 unspecified atom stereocenters. The first-order chi connectivity index (χ1) is 4.97. The van der Waals surface area contributed by atoms with Crippen LogP contribution in [-0.2, 0) is 0 Å². The van der Waals surface area contributed by atoms with Gasteiger partial charge in [-0.3, -0.25) is 4.98 Å². The van der Waals surface area contributed by atoms with Gasteiger partial charge in [-0.05, 0) is 16.8 Å². The number of rotatable bonds is 0. The predicted molar refractivity (Wildman–Crippen MR) is 57.2 cm³/mol. The second-order valence-corrected chi connectivity index (χ2v) is 2.22. The van der Waals surface area contributed by atoms with E-state index in [4.69, 9.17) is 0 Å². The number of halogens is 1. The lowest BCUT2D eigenvalue weighted by atomic mass is 10.2. The SMILES string of the molecule is I.c1ccc2cnccc2c1. The number of aromatic nitrogens is 1. The molecule has 0 aliphatic rings. The maximum Gasteiger partial charge on any atom is 0.0346 e. The van der Waals surface area contributed by atoms with Crippen LogP contribution in [0.1, 0.15) is 0 Å². The highest BCUT2D eigenvalue weighted by molar-refractivity contribution is 14.0. The summed E-state index contributed by atoms with van der Waals surface area (Å²) in [6, 6.07) is 10.2. The normalized spacial score (nSPS) is 9.09. The van der Waals surface area contributed by atoms with Crippen LogP contribution in [-0.4, -0.2) is 4.98 Å². The van der Waals surface area contributed by atoms with E-state index in [0.29, 0.717) is 0 Å². The zero-order valence-electron chi connectivity index (χ0n) is 5.90. The van der Waals surface area contributed by atoms with E-state index < -0.39 is 0 Å². The van der Waals surface area contributed by atoms with Gasteiger partial charge in [-0.25, -0.2) is 0 Å². The van der Waals surface area contributed by atoms with Crippen LogP contribution in [0.5, 0.6) is 0 Å². The molecule has 11 heavy (non-hydrogen) atoms. The highest BCUT2D eigenvalue weighted by Gasteiger charge is 1.86. The summed E-state index contributed by atoms with van der Waals surface area (Å²) >= 11 is 0. The van der Waals surface area contributed by atoms with E-state index in [1.807, 2.05) is 30.6 Å². The quantitative estimate of drug-likeness (QED) is 0.661. The van der Waals surface area contributed by atoms with Crippen molar-refractivity contribution in [2.45, 2.75) is 0 Å². The van der Waals surface area contributed by atoms with E-state index in [-0.39, 0.29) is 24.0 Å². The number of benzene rings is 1. The Kier molecular flexibility index (Phi) is 2.82. The molecule has 1 nitrogen and oxygen atoms in total. The molecule has 0 fully saturated rings. The third-order valence-electron chi connectivity index (χ3n) is 1.55. The molecule has 0 N–H and O–H groups in total. The Morgan fingerprint density at radius 2 is 1.64 bits per heavy atom. The van der Waals surface area contributed by atoms with Gasteiger partial charge in [-0.2, -0.15) is 0 Å². The highest BCUT2D eigenvalue weighted by atomic mass is 127. The maximum atomic E-state index is 4.01. The monoisotopic (exact) mass is 257 g/mol. The summed E-state index contributed by atoms with van der Waals surface area (Å²) in [4.78, 5) is 4.01. The molecule has 0 atom stereocenters. The highest BCUT2D eigenvalue weighted by Crippen LogP contribution is 2.09. The second-order valence-electron chi connectivity index (χ2n) is 2.22. The van der Waals surface area contributed by atoms with Crippen molar-refractivity contribution < 1.29 is 0 Å². The number of nitrogens with zero attached hydrogens (tertiary/aromatic N) is 1. The first kappa shape index (κ1) is 8.46. The van der Waals surface area contributed by atoms with Gasteiger partial charge in [0.25, 0.3) is 0 Å². The van der Waals surface area contributed by atoms with Gasteiger partial charge in [0.15, 0.2) is 0 Å². The third-order valence-corrected chi connectivity index (χ3v) is 1.55. The molecule has 0 aliphatic heterocycles. The Morgan fingerprint density at radius 1 is 0.909 bits per heavy atom. The molecule has 0 radical (unpaired) electrons. The van der Waals surface area contributed by atoms with Crippen LogP contribution in [0.4, 0.5) is 0 Å². The maximum absolute atomic E-state index is 4.01. The van der Waals surface area contributed by atoms with Gasteiger partial charge in [0.05, 0.1) is 0 Å². The lowest BCUT2D eigenvalue weighted by Crippen LogP contribution is -1.71. The second kappa shape index (κ2) is 3.67. The first-order valence-corrected chi connectivity index (χ1v) is 3.25. The molecule has 2 rings (SSSR count). The fraction of sp³-hybridized carbons (Fsp3) is 0. The lowest BCUT2D eigenvalue weighted by Gasteiger charge is -1.91. The number of hydrogen-bond donors (Lipinski definition) is 0. The zero-order valence-corrected chi connectivity index (χ0v) is 8.23. The molecule has 0 amide bonds. The molecule has 0 saturated heterocycles. The van der Waals surface area contributed by atoms with Crippen molar-refractivity contribution in [3.63, 3.8) is 0 Å². The number of fused-ring (bicyclic) bond motifs is 1.